The molecule has 3 aromatic heterocycles. The van der Waals surface area contributed by atoms with Gasteiger partial charge in [0.15, 0.2) is 16.6 Å². The standard InChI is InChI=1S/C19H20N6O3S2/c1-10-22-12-8-11(4-5-13(12)28-10)23-16(26)14-9-15-17(29-14)24-18(30-15)20-6-7-21-19(27)25(2)3/h4-5,8-9H,6-7H2,1-3H3,(H,20,24)(H,21,27)(H,23,26). The molecule has 30 heavy (non-hydrogen) atoms. The summed E-state index contributed by atoms with van der Waals surface area (Å²) in [5.74, 6) is 0.396. The second kappa shape index (κ2) is 8.28. The Morgan fingerprint density at radius 3 is 2.73 bits per heavy atom. The molecule has 0 saturated heterocycles. The third-order valence-corrected chi connectivity index (χ3v) is 6.27. The number of amides is 3. The Bertz CT molecular complexity index is 1190. The molecule has 1 aromatic carbocycles. The predicted octanol–water partition coefficient (Wildman–Crippen LogP) is 3.74. The maximum atomic E-state index is 12.6. The number of aromatic nitrogens is 2. The van der Waals surface area contributed by atoms with Crippen molar-refractivity contribution in [2.24, 2.45) is 0 Å². The number of anilines is 2. The van der Waals surface area contributed by atoms with Gasteiger partial charge < -0.3 is 25.3 Å². The number of oxazole rings is 1. The van der Waals surface area contributed by atoms with Crippen LogP contribution in [0.25, 0.3) is 20.6 Å². The average Bonchev–Trinajstić information content (AvgIpc) is 3.36. The van der Waals surface area contributed by atoms with E-state index in [-0.39, 0.29) is 11.9 Å². The number of nitrogens with zero attached hydrogens (tertiary/aromatic N) is 3. The molecule has 4 rings (SSSR count). The molecule has 11 heteroatoms. The number of carbonyl (C=O) groups excluding carboxylic acids is 2. The molecule has 0 aliphatic heterocycles. The smallest absolute Gasteiger partial charge is 0.316 e. The normalized spacial score (nSPS) is 11.0. The molecule has 0 saturated carbocycles. The van der Waals surface area contributed by atoms with Crippen LogP contribution in [-0.2, 0) is 0 Å². The molecule has 9 nitrogen and oxygen atoms in total. The largest absolute Gasteiger partial charge is 0.441 e. The zero-order valence-electron chi connectivity index (χ0n) is 16.6. The second-order valence-electron chi connectivity index (χ2n) is 6.72. The summed E-state index contributed by atoms with van der Waals surface area (Å²) in [5, 5.41) is 9.62. The highest BCUT2D eigenvalue weighted by atomic mass is 32.1. The summed E-state index contributed by atoms with van der Waals surface area (Å²) in [6, 6.07) is 7.07. The topological polar surface area (TPSA) is 112 Å². The number of nitrogens with one attached hydrogen (secondary N) is 3. The van der Waals surface area contributed by atoms with Crippen LogP contribution >= 0.6 is 22.7 Å². The van der Waals surface area contributed by atoms with E-state index in [9.17, 15) is 9.59 Å². The van der Waals surface area contributed by atoms with Crippen molar-refractivity contribution in [2.45, 2.75) is 6.92 Å². The van der Waals surface area contributed by atoms with Gasteiger partial charge in [0.2, 0.25) is 0 Å². The summed E-state index contributed by atoms with van der Waals surface area (Å²) in [4.78, 5) is 35.8. The second-order valence-corrected chi connectivity index (χ2v) is 8.78. The van der Waals surface area contributed by atoms with E-state index in [4.69, 9.17) is 4.42 Å². The van der Waals surface area contributed by atoms with Crippen molar-refractivity contribution >= 4 is 66.1 Å². The van der Waals surface area contributed by atoms with E-state index in [0.29, 0.717) is 40.6 Å². The quantitative estimate of drug-likeness (QED) is 0.391. The molecule has 0 aliphatic carbocycles. The highest BCUT2D eigenvalue weighted by Gasteiger charge is 2.15. The van der Waals surface area contributed by atoms with E-state index in [1.807, 2.05) is 6.07 Å². The number of benzene rings is 1. The fourth-order valence-corrected chi connectivity index (χ4v) is 4.77. The molecule has 156 valence electrons. The Hall–Kier alpha value is -3.18. The molecule has 3 amide bonds. The number of hydrogen-bond donors (Lipinski definition) is 3. The van der Waals surface area contributed by atoms with Crippen molar-refractivity contribution in [2.75, 3.05) is 37.8 Å². The molecule has 0 bridgehead atoms. The summed E-state index contributed by atoms with van der Waals surface area (Å²) >= 11 is 2.81. The zero-order valence-corrected chi connectivity index (χ0v) is 18.2. The summed E-state index contributed by atoms with van der Waals surface area (Å²) in [7, 11) is 3.39. The number of thiazole rings is 1. The minimum absolute atomic E-state index is 0.134. The maximum absolute atomic E-state index is 12.6. The summed E-state index contributed by atoms with van der Waals surface area (Å²) in [6.07, 6.45) is 0. The number of fused-ring (bicyclic) bond motifs is 2. The molecule has 0 radical (unpaired) electrons. The molecular weight excluding hydrogens is 424 g/mol. The Balaban J connectivity index is 1.36. The van der Waals surface area contributed by atoms with Crippen molar-refractivity contribution in [1.82, 2.24) is 20.2 Å². The number of carbonyl (C=O) groups is 2. The van der Waals surface area contributed by atoms with Gasteiger partial charge in [-0.05, 0) is 24.3 Å². The van der Waals surface area contributed by atoms with Gasteiger partial charge in [0.25, 0.3) is 5.91 Å². The fraction of sp³-hybridized carbons (Fsp3) is 0.263. The van der Waals surface area contributed by atoms with Crippen LogP contribution < -0.4 is 16.0 Å². The van der Waals surface area contributed by atoms with E-state index in [1.165, 1.54) is 27.6 Å². The van der Waals surface area contributed by atoms with Gasteiger partial charge in [-0.15, -0.1) is 11.3 Å². The maximum Gasteiger partial charge on any atom is 0.316 e. The van der Waals surface area contributed by atoms with E-state index < -0.39 is 0 Å². The van der Waals surface area contributed by atoms with E-state index in [1.54, 1.807) is 39.2 Å². The summed E-state index contributed by atoms with van der Waals surface area (Å²) < 4.78 is 6.39. The van der Waals surface area contributed by atoms with Gasteiger partial charge in [0, 0.05) is 39.8 Å². The first kappa shape index (κ1) is 20.1. The molecule has 0 fully saturated rings. The summed E-state index contributed by atoms with van der Waals surface area (Å²) in [5.41, 5.74) is 2.05. The lowest BCUT2D eigenvalue weighted by atomic mass is 10.3. The molecule has 4 aromatic rings. The zero-order chi connectivity index (χ0) is 21.3. The van der Waals surface area contributed by atoms with Crippen LogP contribution in [0.3, 0.4) is 0 Å². The van der Waals surface area contributed by atoms with Crippen molar-refractivity contribution in [3.8, 4) is 0 Å². The molecule has 0 unspecified atom stereocenters. The van der Waals surface area contributed by atoms with Crippen molar-refractivity contribution in [1.29, 1.82) is 0 Å². The van der Waals surface area contributed by atoms with Gasteiger partial charge in [-0.1, -0.05) is 11.3 Å². The Morgan fingerprint density at radius 1 is 1.13 bits per heavy atom. The number of aryl methyl sites for hydroxylation is 1. The first-order chi connectivity index (χ1) is 14.4. The van der Waals surface area contributed by atoms with E-state index >= 15 is 0 Å². The minimum atomic E-state index is -0.189. The van der Waals surface area contributed by atoms with Gasteiger partial charge in [-0.25, -0.2) is 14.8 Å². The molecular formula is C19H20N6O3S2. The lowest BCUT2D eigenvalue weighted by Gasteiger charge is -2.11. The monoisotopic (exact) mass is 444 g/mol. The number of thiophene rings is 1. The third-order valence-electron chi connectivity index (χ3n) is 4.15. The molecule has 3 heterocycles. The van der Waals surface area contributed by atoms with E-state index in [2.05, 4.69) is 25.9 Å². The van der Waals surface area contributed by atoms with Crippen molar-refractivity contribution < 1.29 is 14.0 Å². The van der Waals surface area contributed by atoms with Gasteiger partial charge in [-0.2, -0.15) is 0 Å². The van der Waals surface area contributed by atoms with Crippen LogP contribution in [0.15, 0.2) is 28.7 Å². The van der Waals surface area contributed by atoms with Gasteiger partial charge in [0.05, 0.1) is 9.58 Å². The highest BCUT2D eigenvalue weighted by molar-refractivity contribution is 7.29. The van der Waals surface area contributed by atoms with Crippen LogP contribution in [0.5, 0.6) is 0 Å². The van der Waals surface area contributed by atoms with Crippen LogP contribution in [0.1, 0.15) is 15.6 Å². The molecule has 3 N–H and O–H groups in total. The number of rotatable bonds is 6. The third kappa shape index (κ3) is 4.36. The van der Waals surface area contributed by atoms with Crippen LogP contribution in [0, 0.1) is 6.92 Å². The van der Waals surface area contributed by atoms with Crippen LogP contribution in [0.2, 0.25) is 0 Å². The van der Waals surface area contributed by atoms with Crippen LogP contribution in [0.4, 0.5) is 15.6 Å². The van der Waals surface area contributed by atoms with Gasteiger partial charge in [0.1, 0.15) is 10.3 Å². The lowest BCUT2D eigenvalue weighted by Crippen LogP contribution is -2.37. The Kier molecular flexibility index (Phi) is 5.55. The molecule has 0 atom stereocenters. The number of urea groups is 1. The SMILES string of the molecule is Cc1nc2cc(NC(=O)c3cc4sc(NCCNC(=O)N(C)C)nc4s3)ccc2o1. The molecule has 0 spiro atoms. The first-order valence-corrected chi connectivity index (χ1v) is 10.8. The van der Waals surface area contributed by atoms with Crippen LogP contribution in [-0.4, -0.2) is 54.0 Å². The minimum Gasteiger partial charge on any atom is -0.441 e. The lowest BCUT2D eigenvalue weighted by molar-refractivity contribution is 0.103. The van der Waals surface area contributed by atoms with Crippen molar-refractivity contribution in [3.05, 3.63) is 35.0 Å². The number of hydrogen-bond acceptors (Lipinski definition) is 8. The molecule has 0 aliphatic rings. The average molecular weight is 445 g/mol. The van der Waals surface area contributed by atoms with Gasteiger partial charge >= 0.3 is 6.03 Å². The first-order valence-electron chi connectivity index (χ1n) is 9.17. The Labute approximate surface area is 180 Å². The predicted molar refractivity (Wildman–Crippen MR) is 120 cm³/mol. The summed E-state index contributed by atoms with van der Waals surface area (Å²) in [6.45, 7) is 2.84. The van der Waals surface area contributed by atoms with Crippen molar-refractivity contribution in [3.63, 3.8) is 0 Å². The van der Waals surface area contributed by atoms with E-state index in [0.717, 1.165) is 14.7 Å². The Morgan fingerprint density at radius 2 is 1.97 bits per heavy atom. The fourth-order valence-electron chi connectivity index (χ4n) is 2.73. The van der Waals surface area contributed by atoms with Gasteiger partial charge in [-0.3, -0.25) is 4.79 Å². The highest BCUT2D eigenvalue weighted by Crippen LogP contribution is 2.33.